The molecule has 0 radical (unpaired) electrons. The summed E-state index contributed by atoms with van der Waals surface area (Å²) in [7, 11) is -7.44. The summed E-state index contributed by atoms with van der Waals surface area (Å²) in [4.78, 5) is 26.5. The van der Waals surface area contributed by atoms with Crippen molar-refractivity contribution in [2.24, 2.45) is 5.92 Å². The minimum absolute atomic E-state index is 0.0620. The number of ether oxygens (including phenoxy) is 1. The third-order valence-electron chi connectivity index (χ3n) is 6.33. The van der Waals surface area contributed by atoms with Gasteiger partial charge >= 0.3 is 5.97 Å². The summed E-state index contributed by atoms with van der Waals surface area (Å²) in [5, 5.41) is 3.41. The fourth-order valence-electron chi connectivity index (χ4n) is 4.50. The molecule has 0 saturated carbocycles. The van der Waals surface area contributed by atoms with Gasteiger partial charge in [-0.15, -0.1) is 11.3 Å². The number of piperidine rings is 1. The number of rotatable bonds is 7. The summed E-state index contributed by atoms with van der Waals surface area (Å²) >= 11 is 1.41. The maximum absolute atomic E-state index is 13.1. The Morgan fingerprint density at radius 2 is 1.80 bits per heavy atom. The summed E-state index contributed by atoms with van der Waals surface area (Å²) in [6.45, 7) is 2.25. The molecule has 2 aliphatic rings. The molecule has 9 nitrogen and oxygen atoms in total. The standard InChI is InChI=1S/C23H28N2O7S3/c1-3-32-23(27)20-18-8-5-9-19(18)33-22(20)24-21(26)15-10-12-25(13-11-15)35(30,31)17-7-4-6-16(14-17)34(2,28)29/h4,6-7,14-15H,3,5,8-13H2,1-2H3,(H,24,26). The van der Waals surface area contributed by atoms with Gasteiger partial charge in [-0.25, -0.2) is 21.6 Å². The number of anilines is 1. The number of hydrogen-bond donors (Lipinski definition) is 1. The van der Waals surface area contributed by atoms with Crippen molar-refractivity contribution in [3.63, 3.8) is 0 Å². The first-order valence-corrected chi connectivity index (χ1v) is 15.6. The van der Waals surface area contributed by atoms with Crippen molar-refractivity contribution >= 4 is 48.1 Å². The number of aryl methyl sites for hydroxylation is 1. The van der Waals surface area contributed by atoms with E-state index in [-0.39, 0.29) is 35.4 Å². The quantitative estimate of drug-likeness (QED) is 0.535. The van der Waals surface area contributed by atoms with E-state index in [1.807, 2.05) is 0 Å². The number of hydrogen-bond acceptors (Lipinski definition) is 8. The Morgan fingerprint density at radius 1 is 1.11 bits per heavy atom. The first-order valence-electron chi connectivity index (χ1n) is 11.4. The van der Waals surface area contributed by atoms with Crippen LogP contribution in [0.1, 0.15) is 47.0 Å². The Morgan fingerprint density at radius 3 is 2.46 bits per heavy atom. The summed E-state index contributed by atoms with van der Waals surface area (Å²) in [6.07, 6.45) is 4.29. The third-order valence-corrected chi connectivity index (χ3v) is 10.5. The van der Waals surface area contributed by atoms with Gasteiger partial charge in [-0.05, 0) is 62.8 Å². The number of thiophene rings is 1. The van der Waals surface area contributed by atoms with Crippen molar-refractivity contribution in [2.75, 3.05) is 31.3 Å². The number of sulfone groups is 1. The highest BCUT2D eigenvalue weighted by molar-refractivity contribution is 7.91. The fourth-order valence-corrected chi connectivity index (χ4v) is 8.04. The highest BCUT2D eigenvalue weighted by Crippen LogP contribution is 2.40. The van der Waals surface area contributed by atoms with Crippen LogP contribution in [-0.4, -0.2) is 59.0 Å². The zero-order valence-electron chi connectivity index (χ0n) is 19.6. The van der Waals surface area contributed by atoms with Crippen molar-refractivity contribution in [1.82, 2.24) is 4.31 Å². The molecule has 1 amide bonds. The van der Waals surface area contributed by atoms with Gasteiger partial charge in [0.15, 0.2) is 9.84 Å². The Labute approximate surface area is 209 Å². The van der Waals surface area contributed by atoms with Crippen molar-refractivity contribution in [3.05, 3.63) is 40.3 Å². The number of carbonyl (C=O) groups is 2. The molecule has 190 valence electrons. The van der Waals surface area contributed by atoms with Crippen molar-refractivity contribution < 1.29 is 31.2 Å². The third kappa shape index (κ3) is 5.30. The van der Waals surface area contributed by atoms with Crippen LogP contribution in [0.2, 0.25) is 0 Å². The molecule has 1 aromatic carbocycles. The van der Waals surface area contributed by atoms with Crippen molar-refractivity contribution in [3.8, 4) is 0 Å². The van der Waals surface area contributed by atoms with Crippen LogP contribution in [0, 0.1) is 5.92 Å². The maximum atomic E-state index is 13.1. The lowest BCUT2D eigenvalue weighted by atomic mass is 9.97. The van der Waals surface area contributed by atoms with Crippen LogP contribution in [-0.2, 0) is 42.2 Å². The lowest BCUT2D eigenvalue weighted by Gasteiger charge is -2.30. The number of benzene rings is 1. The second-order valence-electron chi connectivity index (χ2n) is 8.70. The predicted molar refractivity (Wildman–Crippen MR) is 132 cm³/mol. The molecule has 0 atom stereocenters. The lowest BCUT2D eigenvalue weighted by Crippen LogP contribution is -2.41. The molecule has 2 heterocycles. The summed E-state index contributed by atoms with van der Waals surface area (Å²) in [5.41, 5.74) is 1.41. The Bertz CT molecular complexity index is 1360. The van der Waals surface area contributed by atoms with E-state index in [1.165, 1.54) is 33.8 Å². The van der Waals surface area contributed by atoms with E-state index in [0.29, 0.717) is 23.4 Å². The molecule has 1 aliphatic heterocycles. The van der Waals surface area contributed by atoms with Crippen LogP contribution >= 0.6 is 11.3 Å². The smallest absolute Gasteiger partial charge is 0.341 e. The van der Waals surface area contributed by atoms with Gasteiger partial charge in [-0.2, -0.15) is 4.31 Å². The van der Waals surface area contributed by atoms with Gasteiger partial charge in [0.2, 0.25) is 15.9 Å². The molecule has 1 aromatic heterocycles. The van der Waals surface area contributed by atoms with Crippen LogP contribution in [0.15, 0.2) is 34.1 Å². The molecule has 0 bridgehead atoms. The van der Waals surface area contributed by atoms with E-state index in [2.05, 4.69) is 5.32 Å². The topological polar surface area (TPSA) is 127 Å². The highest BCUT2D eigenvalue weighted by atomic mass is 32.2. The fraction of sp³-hybridized carbons (Fsp3) is 0.478. The van der Waals surface area contributed by atoms with Gasteiger partial charge in [0, 0.05) is 30.1 Å². The largest absolute Gasteiger partial charge is 0.462 e. The van der Waals surface area contributed by atoms with E-state index in [1.54, 1.807) is 6.92 Å². The van der Waals surface area contributed by atoms with E-state index >= 15 is 0 Å². The van der Waals surface area contributed by atoms with Crippen LogP contribution in [0.4, 0.5) is 5.00 Å². The number of nitrogens with one attached hydrogen (secondary N) is 1. The number of fused-ring (bicyclic) bond motifs is 1. The van der Waals surface area contributed by atoms with E-state index in [9.17, 15) is 26.4 Å². The molecule has 12 heteroatoms. The first kappa shape index (κ1) is 25.8. The second-order valence-corrected chi connectivity index (χ2v) is 13.8. The Balaban J connectivity index is 1.44. The first-order chi connectivity index (χ1) is 16.5. The van der Waals surface area contributed by atoms with Gasteiger partial charge in [-0.1, -0.05) is 6.07 Å². The van der Waals surface area contributed by atoms with Crippen LogP contribution < -0.4 is 5.32 Å². The van der Waals surface area contributed by atoms with E-state index in [4.69, 9.17) is 4.74 Å². The van der Waals surface area contributed by atoms with Crippen molar-refractivity contribution in [2.45, 2.75) is 48.8 Å². The summed E-state index contributed by atoms with van der Waals surface area (Å²) < 4.78 is 56.3. The number of esters is 1. The van der Waals surface area contributed by atoms with Gasteiger partial charge < -0.3 is 10.1 Å². The minimum Gasteiger partial charge on any atom is -0.462 e. The average molecular weight is 541 g/mol. The monoisotopic (exact) mass is 540 g/mol. The molecule has 2 aromatic rings. The van der Waals surface area contributed by atoms with Crippen molar-refractivity contribution in [1.29, 1.82) is 0 Å². The number of carbonyl (C=O) groups excluding carboxylic acids is 2. The summed E-state index contributed by atoms with van der Waals surface area (Å²) in [6, 6.07) is 5.30. The minimum atomic E-state index is -3.90. The molecule has 4 rings (SSSR count). The zero-order chi connectivity index (χ0) is 25.4. The molecule has 0 spiro atoms. The summed E-state index contributed by atoms with van der Waals surface area (Å²) in [5.74, 6) is -1.08. The van der Waals surface area contributed by atoms with Gasteiger partial charge in [0.25, 0.3) is 0 Å². The molecule has 1 saturated heterocycles. The molecule has 1 fully saturated rings. The second kappa shape index (κ2) is 10.00. The number of amides is 1. The lowest BCUT2D eigenvalue weighted by molar-refractivity contribution is -0.120. The van der Waals surface area contributed by atoms with E-state index in [0.717, 1.165) is 42.0 Å². The Kier molecular flexibility index (Phi) is 7.37. The van der Waals surface area contributed by atoms with Crippen LogP contribution in [0.3, 0.4) is 0 Å². The normalized spacial score (nSPS) is 17.2. The molecular weight excluding hydrogens is 512 g/mol. The number of sulfonamides is 1. The highest BCUT2D eigenvalue weighted by Gasteiger charge is 2.34. The number of nitrogens with zero attached hydrogens (tertiary/aromatic N) is 1. The zero-order valence-corrected chi connectivity index (χ0v) is 22.0. The molecule has 1 N–H and O–H groups in total. The van der Waals surface area contributed by atoms with Crippen LogP contribution in [0.25, 0.3) is 0 Å². The molecule has 0 unspecified atom stereocenters. The van der Waals surface area contributed by atoms with Gasteiger partial charge in [0.05, 0.1) is 22.0 Å². The average Bonchev–Trinajstić information content (AvgIpc) is 3.39. The molecular formula is C23H28N2O7S3. The van der Waals surface area contributed by atoms with Crippen LogP contribution in [0.5, 0.6) is 0 Å². The maximum Gasteiger partial charge on any atom is 0.341 e. The predicted octanol–water partition coefficient (Wildman–Crippen LogP) is 2.86. The van der Waals surface area contributed by atoms with Gasteiger partial charge in [0.1, 0.15) is 5.00 Å². The SMILES string of the molecule is CCOC(=O)c1c(NC(=O)C2CCN(S(=O)(=O)c3cccc(S(C)(=O)=O)c3)CC2)sc2c1CCC2. The molecule has 35 heavy (non-hydrogen) atoms. The van der Waals surface area contributed by atoms with E-state index < -0.39 is 31.7 Å². The van der Waals surface area contributed by atoms with Gasteiger partial charge in [-0.3, -0.25) is 4.79 Å². The molecule has 1 aliphatic carbocycles. The Hall–Kier alpha value is -2.28.